The zero-order valence-corrected chi connectivity index (χ0v) is 89.5. The maximum Gasteiger partial charge on any atom is 0.305 e. The van der Waals surface area contributed by atoms with Gasteiger partial charge in [0.2, 0.25) is 0 Å². The first-order valence-electron chi connectivity index (χ1n) is 50.8. The lowest BCUT2D eigenvalue weighted by atomic mass is 10.1. The first kappa shape index (κ1) is 107. The van der Waals surface area contributed by atoms with Crippen LogP contribution in [0.4, 0.5) is 56.9 Å². The zero-order chi connectivity index (χ0) is 103. The molecule has 10 aromatic carbocycles. The zero-order valence-electron chi connectivity index (χ0n) is 86.2. The number of carbonyl (C=O) groups excluding carboxylic acids is 6. The highest BCUT2D eigenvalue weighted by atomic mass is 79.9. The molecule has 0 saturated carbocycles. The van der Waals surface area contributed by atoms with E-state index in [4.69, 9.17) is 74.7 Å². The highest BCUT2D eigenvalue weighted by Gasteiger charge is 2.43. The van der Waals surface area contributed by atoms with Crippen LogP contribution in [0.3, 0.4) is 0 Å². The maximum atomic E-state index is 14.2. The number of para-hydroxylation sites is 4. The molecule has 0 unspecified atom stereocenters. The summed E-state index contributed by atoms with van der Waals surface area (Å²) in [7, 11) is 6.01. The minimum absolute atomic E-state index is 0.00620. The van der Waals surface area contributed by atoms with Crippen LogP contribution in [-0.4, -0.2) is 213 Å². The second-order valence-electron chi connectivity index (χ2n) is 39.1. The summed E-state index contributed by atoms with van der Waals surface area (Å²) >= 11 is 9.97. The number of hydrogen-bond donors (Lipinski definition) is 3. The van der Waals surface area contributed by atoms with Crippen molar-refractivity contribution in [3.8, 4) is 34.5 Å². The lowest BCUT2D eigenvalue weighted by Gasteiger charge is -2.34. The molecule has 0 aliphatic carbocycles. The lowest BCUT2D eigenvalue weighted by molar-refractivity contribution is -0.141. The third-order valence-electron chi connectivity index (χ3n) is 27.0. The van der Waals surface area contributed by atoms with Gasteiger partial charge in [0.25, 0.3) is 23.6 Å². The van der Waals surface area contributed by atoms with Gasteiger partial charge in [-0.2, -0.15) is 24.4 Å². The minimum atomic E-state index is -0.321. The number of aliphatic imine (C=N–C) groups is 2. The highest BCUT2D eigenvalue weighted by molar-refractivity contribution is 9.09. The summed E-state index contributed by atoms with van der Waals surface area (Å²) in [5, 5.41) is 7.96. The Morgan fingerprint density at radius 2 is 0.803 bits per heavy atom. The van der Waals surface area contributed by atoms with Gasteiger partial charge in [-0.3, -0.25) is 48.6 Å². The van der Waals surface area contributed by atoms with Crippen molar-refractivity contribution in [2.24, 2.45) is 9.98 Å². The number of thiol groups is 1. The average molecular weight is 2100 g/mol. The molecule has 8 aliphatic rings. The molecule has 31 heteroatoms. The number of benzene rings is 10. The number of rotatable bonds is 44. The fraction of sp³-hybridized carbons (Fsp3) is 0.414. The number of anilines is 8. The first-order chi connectivity index (χ1) is 71.2. The Bertz CT molecular complexity index is 6450. The van der Waals surface area contributed by atoms with Crippen molar-refractivity contribution in [1.29, 1.82) is 0 Å². The van der Waals surface area contributed by atoms with E-state index in [0.29, 0.717) is 191 Å². The number of nitrogens with zero attached hydrogens (tertiary/aromatic N) is 8. The Hall–Kier alpha value is -12.6. The van der Waals surface area contributed by atoms with Gasteiger partial charge >= 0.3 is 11.9 Å². The monoisotopic (exact) mass is 2100 g/mol. The third kappa shape index (κ3) is 26.4. The van der Waals surface area contributed by atoms with E-state index in [-0.39, 0.29) is 95.7 Å². The Kier molecular flexibility index (Phi) is 36.4. The third-order valence-corrected chi connectivity index (χ3v) is 29.1. The number of halogens is 1. The van der Waals surface area contributed by atoms with E-state index < -0.39 is 0 Å². The SMILES string of the molecule is CCCOCCOCCN(CC(C)(C)S)c1cc(COc2cc3c(cc2C)C(=O)N2c4ccccc4C[C@H]2C=N3)cc(COc2cc3c(cc2OC)C(=O)N2c4ccccc4C[C@H]2CN3)c1.CCCOCCOCCN(CC(C)(C)SCCCC(=O)OC)c1cc(COc2cc3c(cc2C)C(=O)N2c4ccccc4C[C@H]2C=N3)cc(COc2cc3c(cc2OC)C(=O)N2c4ccccc4C[C@H]2CN3)c1.COC(=O)CCCBr. The molecule has 2 N–H and O–H groups in total. The summed E-state index contributed by atoms with van der Waals surface area (Å²) in [5.74, 6) is 3.42. The summed E-state index contributed by atoms with van der Waals surface area (Å²) in [6, 6.07) is 59.6. The Balaban J connectivity index is 0.000000196. The standard InChI is InChI=1S/C58H67N5O9S.C53H59N5O7S.C5H9BrO2/c1-7-19-69-21-22-70-20-18-61(37-58(3,4)73-23-12-17-55(64)68-6)43-26-39(35-71-52-31-48-46(24-38(52)2)56(65)62-44(33-59-48)28-41-13-8-10-15-50(41)62)25-40(27-43)36-72-54-32-49-47(30-53(54)67-5)57(66)63-45(34-60-49)29-42-14-9-11-16-51(42)63;1-6-16-62-18-19-63-17-15-56(33-53(3,4)66)39-22-35(31-64-48-27-44-42(20-34(48)2)51(59)57-40(29-54-44)24-37-11-7-9-13-46(37)57)21-36(23-39)32-65-50-28-45-43(26-49(50)61-5)52(60)58-41(30-55-45)25-38-12-8-10-14-47(38)58;1-8-5(7)3-2-4-6/h8-11,13-16,24-27,30-33,44-45,60H,7,12,17-23,28-29,34-37H2,1-6H3;7-14,20-23,26-29,40-41,55,66H,6,15-19,24-25,30-33H2,1-5H3;2-4H2,1H3/t44-,45-;40-,41-;/m00./s1. The van der Waals surface area contributed by atoms with Gasteiger partial charge in [0.05, 0.1) is 137 Å². The number of esters is 2. The summed E-state index contributed by atoms with van der Waals surface area (Å²) < 4.78 is 70.6. The van der Waals surface area contributed by atoms with Crippen LogP contribution >= 0.6 is 40.3 Å². The van der Waals surface area contributed by atoms with Gasteiger partial charge in [0.15, 0.2) is 23.0 Å². The maximum absolute atomic E-state index is 14.2. The molecule has 0 aromatic heterocycles. The highest BCUT2D eigenvalue weighted by Crippen LogP contribution is 2.47. The quantitative estimate of drug-likeness (QED) is 0.0138. The van der Waals surface area contributed by atoms with E-state index in [1.165, 1.54) is 19.8 Å². The molecule has 4 amide bonds. The van der Waals surface area contributed by atoms with Crippen molar-refractivity contribution in [3.05, 3.63) is 260 Å². The molecule has 4 atom stereocenters. The van der Waals surface area contributed by atoms with Crippen molar-refractivity contribution < 1.29 is 85.6 Å². The van der Waals surface area contributed by atoms with Gasteiger partial charge in [-0.15, -0.1) is 0 Å². The van der Waals surface area contributed by atoms with E-state index in [2.05, 4.69) is 143 Å². The number of methoxy groups -OCH3 is 4. The molecule has 28 nitrogen and oxygen atoms in total. The molecular weight excluding hydrogens is 1970 g/mol. The van der Waals surface area contributed by atoms with E-state index in [1.807, 2.05) is 167 Å². The van der Waals surface area contributed by atoms with Gasteiger partial charge in [-0.25, -0.2) is 0 Å². The molecule has 776 valence electrons. The largest absolute Gasteiger partial charge is 0.493 e. The molecule has 0 radical (unpaired) electrons. The minimum Gasteiger partial charge on any atom is -0.493 e. The Morgan fingerprint density at radius 1 is 0.435 bits per heavy atom. The van der Waals surface area contributed by atoms with E-state index in [9.17, 15) is 28.8 Å². The van der Waals surface area contributed by atoms with Crippen molar-refractivity contribution in [3.63, 3.8) is 0 Å². The molecule has 0 spiro atoms. The number of hydrogen-bond acceptors (Lipinski definition) is 26. The van der Waals surface area contributed by atoms with Crippen molar-refractivity contribution >= 4 is 145 Å². The molecule has 0 bridgehead atoms. The van der Waals surface area contributed by atoms with Gasteiger partial charge in [-0.05, 0) is 226 Å². The van der Waals surface area contributed by atoms with Crippen molar-refractivity contribution in [1.82, 2.24) is 0 Å². The molecule has 18 rings (SSSR count). The van der Waals surface area contributed by atoms with Crippen molar-refractivity contribution in [2.75, 3.05) is 172 Å². The topological polar surface area (TPSA) is 281 Å². The fourth-order valence-corrected chi connectivity index (χ4v) is 21.4. The summed E-state index contributed by atoms with van der Waals surface area (Å²) in [6.45, 7) is 25.9. The van der Waals surface area contributed by atoms with E-state index in [1.54, 1.807) is 26.4 Å². The van der Waals surface area contributed by atoms with E-state index in [0.717, 1.165) is 140 Å². The molecule has 147 heavy (non-hydrogen) atoms. The molecular formula is C116H135BrN10O18S2. The van der Waals surface area contributed by atoms with Crippen LogP contribution < -0.4 is 68.5 Å². The van der Waals surface area contributed by atoms with Gasteiger partial charge < -0.3 is 87.1 Å². The number of thioether (sulfide) groups is 1. The average Bonchev–Trinajstić information content (AvgIpc) is 1.62. The van der Waals surface area contributed by atoms with Crippen LogP contribution in [0.15, 0.2) is 192 Å². The van der Waals surface area contributed by atoms with Crippen LogP contribution in [0.5, 0.6) is 34.5 Å². The Morgan fingerprint density at radius 3 is 1.19 bits per heavy atom. The molecule has 8 heterocycles. The van der Waals surface area contributed by atoms with Gasteiger partial charge in [-0.1, -0.05) is 103 Å². The second kappa shape index (κ2) is 49.9. The Labute approximate surface area is 880 Å². The summed E-state index contributed by atoms with van der Waals surface area (Å²) in [4.78, 5) is 101. The van der Waals surface area contributed by atoms with Crippen LogP contribution in [-0.2, 0) is 90.1 Å². The molecule has 10 aromatic rings. The number of ether oxygens (including phenoxy) is 12. The number of nitrogens with one attached hydrogen (secondary N) is 2. The van der Waals surface area contributed by atoms with Crippen LogP contribution in [0, 0.1) is 13.8 Å². The smallest absolute Gasteiger partial charge is 0.305 e. The predicted octanol–water partition coefficient (Wildman–Crippen LogP) is 20.9. The van der Waals surface area contributed by atoms with Gasteiger partial charge in [0.1, 0.15) is 37.9 Å². The summed E-state index contributed by atoms with van der Waals surface area (Å²) in [6.07, 6.45) is 11.2. The summed E-state index contributed by atoms with van der Waals surface area (Å²) in [5.41, 5.74) is 20.4. The fourth-order valence-electron chi connectivity index (χ4n) is 19.9. The van der Waals surface area contributed by atoms with Crippen molar-refractivity contribution in [2.45, 2.75) is 180 Å². The number of carbonyl (C=O) groups is 6. The number of aryl methyl sites for hydroxylation is 2. The first-order valence-corrected chi connectivity index (χ1v) is 53.4. The number of fused-ring (bicyclic) bond motifs is 16. The number of alkyl halides is 1. The second-order valence-corrected chi connectivity index (χ2v) is 42.9. The lowest BCUT2D eigenvalue weighted by Crippen LogP contribution is -2.39. The molecule has 8 aliphatic heterocycles. The normalized spacial score (nSPS) is 16.1. The predicted molar refractivity (Wildman–Crippen MR) is 589 cm³/mol. The van der Waals surface area contributed by atoms with E-state index >= 15 is 0 Å². The number of amides is 4. The van der Waals surface area contributed by atoms with Crippen LogP contribution in [0.25, 0.3) is 0 Å². The molecule has 0 fully saturated rings. The van der Waals surface area contributed by atoms with Gasteiger partial charge in [0, 0.05) is 164 Å². The molecule has 0 saturated heterocycles. The van der Waals surface area contributed by atoms with Crippen LogP contribution in [0.2, 0.25) is 0 Å². The van der Waals surface area contributed by atoms with Crippen LogP contribution in [0.1, 0.15) is 177 Å².